The second-order valence-electron chi connectivity index (χ2n) is 10.7. The number of hydrogen-bond acceptors (Lipinski definition) is 8. The van der Waals surface area contributed by atoms with Gasteiger partial charge in [0, 0.05) is 61.8 Å². The molecular formula is C29H32F4N6O3. The normalized spacial score (nSPS) is 20.1. The Morgan fingerprint density at radius 3 is 2.29 bits per heavy atom. The number of anilines is 3. The van der Waals surface area contributed by atoms with E-state index in [0.717, 1.165) is 12.1 Å². The Kier molecular flexibility index (Phi) is 8.24. The highest BCUT2D eigenvalue weighted by molar-refractivity contribution is 6.07. The molecule has 0 unspecified atom stereocenters. The molecule has 13 heteroatoms. The molecule has 9 nitrogen and oxygen atoms in total. The molecule has 224 valence electrons. The number of morpholine rings is 1. The number of carbonyl (C=O) groups excluding carboxylic acids is 1. The van der Waals surface area contributed by atoms with E-state index in [1.165, 1.54) is 24.5 Å². The average Bonchev–Trinajstić information content (AvgIpc) is 2.96. The smallest absolute Gasteiger partial charge is 0.417 e. The van der Waals surface area contributed by atoms with E-state index in [0.29, 0.717) is 62.7 Å². The summed E-state index contributed by atoms with van der Waals surface area (Å²) >= 11 is 0. The number of aromatic hydroxyl groups is 1. The fourth-order valence-electron chi connectivity index (χ4n) is 5.29. The number of halogens is 4. The number of aromatic nitrogens is 2. The van der Waals surface area contributed by atoms with Gasteiger partial charge in [-0.15, -0.1) is 0 Å². The van der Waals surface area contributed by atoms with E-state index in [4.69, 9.17) is 4.74 Å². The van der Waals surface area contributed by atoms with Gasteiger partial charge in [-0.05, 0) is 51.2 Å². The average molecular weight is 589 g/mol. The Morgan fingerprint density at radius 2 is 1.67 bits per heavy atom. The molecule has 2 atom stereocenters. The van der Waals surface area contributed by atoms with Crippen molar-refractivity contribution in [3.8, 4) is 16.9 Å². The van der Waals surface area contributed by atoms with Crippen LogP contribution in [-0.4, -0.2) is 84.4 Å². The van der Waals surface area contributed by atoms with Crippen LogP contribution in [0, 0.1) is 5.82 Å². The molecule has 1 aromatic heterocycles. The Labute approximate surface area is 240 Å². The number of rotatable bonds is 5. The van der Waals surface area contributed by atoms with Gasteiger partial charge in [0.25, 0.3) is 5.91 Å². The molecule has 0 bridgehead atoms. The second-order valence-corrected chi connectivity index (χ2v) is 10.7. The van der Waals surface area contributed by atoms with E-state index in [2.05, 4.69) is 20.2 Å². The number of carbonyl (C=O) groups is 1. The Bertz CT molecular complexity index is 1430. The zero-order valence-electron chi connectivity index (χ0n) is 23.5. The second kappa shape index (κ2) is 11.7. The van der Waals surface area contributed by atoms with Gasteiger partial charge in [-0.2, -0.15) is 13.2 Å². The van der Waals surface area contributed by atoms with Gasteiger partial charge in [0.05, 0.1) is 35.7 Å². The molecule has 2 aliphatic heterocycles. The van der Waals surface area contributed by atoms with E-state index >= 15 is 4.39 Å². The third kappa shape index (κ3) is 6.12. The third-order valence-corrected chi connectivity index (χ3v) is 7.83. The van der Waals surface area contributed by atoms with Gasteiger partial charge in [0.1, 0.15) is 11.6 Å². The van der Waals surface area contributed by atoms with Crippen molar-refractivity contribution < 1.29 is 32.2 Å². The summed E-state index contributed by atoms with van der Waals surface area (Å²) in [7, 11) is 1.99. The summed E-state index contributed by atoms with van der Waals surface area (Å²) in [5.74, 6) is -1.79. The van der Waals surface area contributed by atoms with Crippen molar-refractivity contribution in [1.29, 1.82) is 0 Å². The van der Waals surface area contributed by atoms with Crippen molar-refractivity contribution in [2.75, 3.05) is 61.6 Å². The molecule has 0 aliphatic carbocycles. The van der Waals surface area contributed by atoms with Gasteiger partial charge >= 0.3 is 6.18 Å². The van der Waals surface area contributed by atoms with Crippen LogP contribution in [-0.2, 0) is 10.9 Å². The van der Waals surface area contributed by atoms with Crippen molar-refractivity contribution in [3.63, 3.8) is 0 Å². The molecule has 3 aromatic rings. The van der Waals surface area contributed by atoms with Gasteiger partial charge in [0.15, 0.2) is 0 Å². The lowest BCUT2D eigenvalue weighted by atomic mass is 10.0. The number of hydrogen-bond donors (Lipinski definition) is 2. The highest BCUT2D eigenvalue weighted by Gasteiger charge is 2.36. The minimum absolute atomic E-state index is 0.0829. The Balaban J connectivity index is 1.54. The van der Waals surface area contributed by atoms with Gasteiger partial charge < -0.3 is 25.0 Å². The summed E-state index contributed by atoms with van der Waals surface area (Å²) in [6.45, 7) is 7.39. The largest absolute Gasteiger partial charge is 0.508 e. The first-order valence-electron chi connectivity index (χ1n) is 13.6. The summed E-state index contributed by atoms with van der Waals surface area (Å²) in [6.07, 6.45) is -1.93. The lowest BCUT2D eigenvalue weighted by Gasteiger charge is -2.44. The number of phenols is 1. The van der Waals surface area contributed by atoms with Crippen LogP contribution in [0.15, 0.2) is 42.7 Å². The van der Waals surface area contributed by atoms with Crippen molar-refractivity contribution in [1.82, 2.24) is 14.9 Å². The molecule has 1 amide bonds. The molecular weight excluding hydrogens is 556 g/mol. The van der Waals surface area contributed by atoms with Crippen molar-refractivity contribution in [2.45, 2.75) is 32.1 Å². The quantitative estimate of drug-likeness (QED) is 0.417. The standard InChI is InChI=1S/C29H32F4N6O3/c1-17-15-39(16-18(2)37(17)3)26-12-24(30)22(19-13-34-28(35-14-19)38-6-8-42-9-7-38)11-25(26)36-27(41)21-5-4-20(40)10-23(21)29(31,32)33/h4-5,10-14,17-18,40H,6-9,15-16H2,1-3H3,(H,36,41)/t17-,18+. The van der Waals surface area contributed by atoms with Gasteiger partial charge in [-0.25, -0.2) is 14.4 Å². The molecule has 0 spiro atoms. The van der Waals surface area contributed by atoms with Crippen molar-refractivity contribution >= 4 is 23.2 Å². The molecule has 2 aromatic carbocycles. The minimum Gasteiger partial charge on any atom is -0.508 e. The van der Waals surface area contributed by atoms with Crippen LogP contribution in [0.2, 0.25) is 0 Å². The lowest BCUT2D eigenvalue weighted by Crippen LogP contribution is -2.55. The fourth-order valence-corrected chi connectivity index (χ4v) is 5.29. The first-order valence-corrected chi connectivity index (χ1v) is 13.6. The fraction of sp³-hybridized carbons (Fsp3) is 0.414. The van der Waals surface area contributed by atoms with Gasteiger partial charge in [0.2, 0.25) is 5.95 Å². The lowest BCUT2D eigenvalue weighted by molar-refractivity contribution is -0.138. The number of ether oxygens (including phenoxy) is 1. The van der Waals surface area contributed by atoms with E-state index in [9.17, 15) is 23.1 Å². The zero-order chi connectivity index (χ0) is 30.2. The third-order valence-electron chi connectivity index (χ3n) is 7.83. The zero-order valence-corrected chi connectivity index (χ0v) is 23.5. The Morgan fingerprint density at radius 1 is 1.02 bits per heavy atom. The molecule has 2 saturated heterocycles. The number of likely N-dealkylation sites (N-methyl/N-ethyl adjacent to an activating group) is 1. The molecule has 2 aliphatic rings. The number of nitrogens with one attached hydrogen (secondary N) is 1. The van der Waals surface area contributed by atoms with E-state index in [1.54, 1.807) is 0 Å². The van der Waals surface area contributed by atoms with Crippen LogP contribution in [0.3, 0.4) is 0 Å². The molecule has 2 fully saturated rings. The predicted octanol–water partition coefficient (Wildman–Crippen LogP) is 4.62. The van der Waals surface area contributed by atoms with Crippen molar-refractivity contribution in [2.24, 2.45) is 0 Å². The molecule has 3 heterocycles. The molecule has 2 N–H and O–H groups in total. The summed E-state index contributed by atoms with van der Waals surface area (Å²) in [4.78, 5) is 28.1. The van der Waals surface area contributed by atoms with Gasteiger partial charge in [-0.1, -0.05) is 0 Å². The maximum Gasteiger partial charge on any atom is 0.417 e. The topological polar surface area (TPSA) is 94.1 Å². The first kappa shape index (κ1) is 29.5. The number of nitrogens with zero attached hydrogens (tertiary/aromatic N) is 5. The molecule has 5 rings (SSSR count). The number of piperazine rings is 1. The predicted molar refractivity (Wildman–Crippen MR) is 150 cm³/mol. The first-order chi connectivity index (χ1) is 19.9. The summed E-state index contributed by atoms with van der Waals surface area (Å²) in [5, 5.41) is 12.2. The van der Waals surface area contributed by atoms with Crippen LogP contribution in [0.4, 0.5) is 34.9 Å². The number of phenolic OH excluding ortho intramolecular Hbond substituents is 1. The van der Waals surface area contributed by atoms with Gasteiger partial charge in [-0.3, -0.25) is 9.69 Å². The van der Waals surface area contributed by atoms with Crippen molar-refractivity contribution in [3.05, 3.63) is 59.7 Å². The van der Waals surface area contributed by atoms with Crippen LogP contribution in [0.25, 0.3) is 11.1 Å². The molecule has 0 radical (unpaired) electrons. The SMILES string of the molecule is C[C@@H]1CN(c2cc(F)c(-c3cnc(N4CCOCC4)nc3)cc2NC(=O)c2ccc(O)cc2C(F)(F)F)C[C@H](C)N1C. The van der Waals surface area contributed by atoms with Crippen LogP contribution in [0.1, 0.15) is 29.8 Å². The van der Waals surface area contributed by atoms with Crippen LogP contribution < -0.4 is 15.1 Å². The highest BCUT2D eigenvalue weighted by Crippen LogP contribution is 2.38. The monoisotopic (exact) mass is 588 g/mol. The van der Waals surface area contributed by atoms with E-state index in [1.807, 2.05) is 30.7 Å². The minimum atomic E-state index is -4.88. The summed E-state index contributed by atoms with van der Waals surface area (Å²) in [5.41, 5.74) is -1.05. The molecule has 0 saturated carbocycles. The highest BCUT2D eigenvalue weighted by atomic mass is 19.4. The maximum absolute atomic E-state index is 15.7. The van der Waals surface area contributed by atoms with E-state index in [-0.39, 0.29) is 23.3 Å². The maximum atomic E-state index is 15.7. The summed E-state index contributed by atoms with van der Waals surface area (Å²) in [6, 6.07) is 5.30. The number of amides is 1. The van der Waals surface area contributed by atoms with E-state index < -0.39 is 34.8 Å². The summed E-state index contributed by atoms with van der Waals surface area (Å²) < 4.78 is 62.3. The Hall–Kier alpha value is -3.97. The number of alkyl halides is 3. The van der Waals surface area contributed by atoms with Crippen LogP contribution >= 0.6 is 0 Å². The number of benzene rings is 2. The van der Waals surface area contributed by atoms with Crippen LogP contribution in [0.5, 0.6) is 5.75 Å². The molecule has 42 heavy (non-hydrogen) atoms.